The number of halogens is 1. The maximum absolute atomic E-state index is 11.9. The van der Waals surface area contributed by atoms with Crippen LogP contribution in [0, 0.1) is 11.8 Å². The Bertz CT molecular complexity index is 1240. The van der Waals surface area contributed by atoms with Crippen molar-refractivity contribution >= 4 is 34.1 Å². The number of nitrogens with one attached hydrogen (secondary N) is 2. The van der Waals surface area contributed by atoms with Crippen LogP contribution in [0.4, 0.5) is 5.69 Å². The van der Waals surface area contributed by atoms with Gasteiger partial charge in [0.25, 0.3) is 5.91 Å². The number of rotatable bonds is 3. The summed E-state index contributed by atoms with van der Waals surface area (Å²) in [5.41, 5.74) is 5.31. The molecule has 0 aliphatic carbocycles. The van der Waals surface area contributed by atoms with Gasteiger partial charge in [-0.25, -0.2) is 4.98 Å². The molecule has 1 amide bonds. The van der Waals surface area contributed by atoms with E-state index in [9.17, 15) is 4.79 Å². The third-order valence-electron chi connectivity index (χ3n) is 4.36. The number of aryl methyl sites for hydroxylation is 1. The topological polar surface area (TPSA) is 62.7 Å². The van der Waals surface area contributed by atoms with Gasteiger partial charge in [-0.2, -0.15) is 0 Å². The minimum Gasteiger partial charge on any atom is -0.354 e. The highest BCUT2D eigenvalue weighted by Gasteiger charge is 2.13. The van der Waals surface area contributed by atoms with Crippen LogP contribution in [0.3, 0.4) is 0 Å². The van der Waals surface area contributed by atoms with Crippen LogP contribution < -0.4 is 5.32 Å². The summed E-state index contributed by atoms with van der Waals surface area (Å²) >= 11 is 6.01. The number of carbonyl (C=O) groups excluding carboxylic acids is 1. The predicted octanol–water partition coefficient (Wildman–Crippen LogP) is 4.85. The lowest BCUT2D eigenvalue weighted by atomic mass is 10.1. The quantitative estimate of drug-likeness (QED) is 0.493. The molecule has 2 heterocycles. The first-order chi connectivity index (χ1) is 13.5. The van der Waals surface area contributed by atoms with Crippen LogP contribution >= 0.6 is 11.6 Å². The molecule has 0 atom stereocenters. The van der Waals surface area contributed by atoms with Crippen molar-refractivity contribution in [3.63, 3.8) is 0 Å². The monoisotopic (exact) mass is 388 g/mol. The highest BCUT2D eigenvalue weighted by molar-refractivity contribution is 6.30. The third-order valence-corrected chi connectivity index (χ3v) is 4.61. The fourth-order valence-corrected chi connectivity index (χ4v) is 3.26. The van der Waals surface area contributed by atoms with E-state index in [-0.39, 0.29) is 5.91 Å². The molecule has 2 aromatic carbocycles. The maximum atomic E-state index is 11.9. The van der Waals surface area contributed by atoms with Crippen LogP contribution in [-0.2, 0) is 11.8 Å². The largest absolute Gasteiger partial charge is 0.354 e. The normalized spacial score (nSPS) is 10.5. The maximum Gasteiger partial charge on any atom is 0.300 e. The summed E-state index contributed by atoms with van der Waals surface area (Å²) in [6, 6.07) is 13.5. The van der Waals surface area contributed by atoms with Crippen molar-refractivity contribution in [1.29, 1.82) is 0 Å². The lowest BCUT2D eigenvalue weighted by Crippen LogP contribution is -2.08. The van der Waals surface area contributed by atoms with E-state index < -0.39 is 0 Å². The molecule has 5 nitrogen and oxygen atoms in total. The molecule has 0 fully saturated rings. The van der Waals surface area contributed by atoms with Crippen LogP contribution in [0.25, 0.3) is 33.4 Å². The van der Waals surface area contributed by atoms with Gasteiger partial charge >= 0.3 is 0 Å². The van der Waals surface area contributed by atoms with Gasteiger partial charge in [-0.05, 0) is 48.7 Å². The molecule has 0 aliphatic rings. The number of anilines is 1. The summed E-state index contributed by atoms with van der Waals surface area (Å²) < 4.78 is 1.89. The zero-order chi connectivity index (χ0) is 19.7. The summed E-state index contributed by atoms with van der Waals surface area (Å²) in [4.78, 5) is 19.9. The Labute approximate surface area is 167 Å². The number of hydrogen-bond acceptors (Lipinski definition) is 2. The van der Waals surface area contributed by atoms with Crippen molar-refractivity contribution in [2.45, 2.75) is 6.92 Å². The van der Waals surface area contributed by atoms with E-state index in [1.807, 2.05) is 60.3 Å². The van der Waals surface area contributed by atoms with E-state index in [1.54, 1.807) is 13.3 Å². The van der Waals surface area contributed by atoms with Gasteiger partial charge in [-0.1, -0.05) is 29.7 Å². The molecule has 2 N–H and O–H groups in total. The fourth-order valence-electron chi connectivity index (χ4n) is 3.13. The van der Waals surface area contributed by atoms with Crippen molar-refractivity contribution in [1.82, 2.24) is 14.5 Å². The minimum atomic E-state index is -0.345. The van der Waals surface area contributed by atoms with Crippen LogP contribution in [-0.4, -0.2) is 20.4 Å². The smallest absolute Gasteiger partial charge is 0.300 e. The van der Waals surface area contributed by atoms with Crippen LogP contribution in [0.5, 0.6) is 0 Å². The van der Waals surface area contributed by atoms with Crippen LogP contribution in [0.2, 0.25) is 5.02 Å². The van der Waals surface area contributed by atoms with Gasteiger partial charge in [0.05, 0.1) is 17.5 Å². The lowest BCUT2D eigenvalue weighted by Gasteiger charge is -2.06. The SMILES string of the molecule is CC#CC(=O)Nc1cc(-c2cn(C)cn2)c2[nH]c(-c3ccc(Cl)cc3)cc2c1. The lowest BCUT2D eigenvalue weighted by molar-refractivity contribution is -0.111. The highest BCUT2D eigenvalue weighted by atomic mass is 35.5. The van der Waals surface area contributed by atoms with E-state index in [0.717, 1.165) is 33.4 Å². The van der Waals surface area contributed by atoms with Gasteiger partial charge in [0, 0.05) is 40.6 Å². The molecule has 6 heteroatoms. The zero-order valence-corrected chi connectivity index (χ0v) is 16.1. The standard InChI is InChI=1S/C22H17ClN4O/c1-3-4-21(28)25-17-9-15-10-19(14-5-7-16(23)8-6-14)26-22(15)18(11-17)20-12-27(2)13-24-20/h5-13,26H,1-2H3,(H,25,28). The van der Waals surface area contributed by atoms with Crippen LogP contribution in [0.15, 0.2) is 55.0 Å². The number of benzene rings is 2. The van der Waals surface area contributed by atoms with Gasteiger partial charge in [0.15, 0.2) is 0 Å². The summed E-state index contributed by atoms with van der Waals surface area (Å²) in [6.07, 6.45) is 3.69. The second kappa shape index (κ2) is 7.26. The van der Waals surface area contributed by atoms with E-state index in [1.165, 1.54) is 0 Å². The zero-order valence-electron chi connectivity index (χ0n) is 15.4. The first kappa shape index (κ1) is 17.9. The van der Waals surface area contributed by atoms with Crippen molar-refractivity contribution in [2.75, 3.05) is 5.32 Å². The van der Waals surface area contributed by atoms with Crippen molar-refractivity contribution in [2.24, 2.45) is 7.05 Å². The van der Waals surface area contributed by atoms with E-state index in [0.29, 0.717) is 10.7 Å². The number of hydrogen-bond donors (Lipinski definition) is 2. The van der Waals surface area contributed by atoms with Gasteiger partial charge < -0.3 is 14.9 Å². The summed E-state index contributed by atoms with van der Waals surface area (Å²) in [5, 5.41) is 4.49. The van der Waals surface area contributed by atoms with Crippen molar-refractivity contribution < 1.29 is 4.79 Å². The average Bonchev–Trinajstić information content (AvgIpc) is 3.28. The second-order valence-electron chi connectivity index (χ2n) is 6.43. The summed E-state index contributed by atoms with van der Waals surface area (Å²) in [5.74, 6) is 4.77. The molecular formula is C22H17ClN4O. The Kier molecular flexibility index (Phi) is 4.64. The molecule has 4 aromatic rings. The summed E-state index contributed by atoms with van der Waals surface area (Å²) in [6.45, 7) is 1.63. The Morgan fingerprint density at radius 1 is 1.21 bits per heavy atom. The van der Waals surface area contributed by atoms with E-state index >= 15 is 0 Å². The Morgan fingerprint density at radius 3 is 2.68 bits per heavy atom. The van der Waals surface area contributed by atoms with Crippen LogP contribution in [0.1, 0.15) is 6.92 Å². The molecule has 4 rings (SSSR count). The highest BCUT2D eigenvalue weighted by Crippen LogP contribution is 2.34. The number of aromatic amines is 1. The Balaban J connectivity index is 1.88. The van der Waals surface area contributed by atoms with Crippen molar-refractivity contribution in [3.8, 4) is 34.4 Å². The summed E-state index contributed by atoms with van der Waals surface area (Å²) in [7, 11) is 1.92. The Morgan fingerprint density at radius 2 is 2.00 bits per heavy atom. The molecule has 0 spiro atoms. The Hall–Kier alpha value is -3.49. The molecule has 0 aliphatic heterocycles. The molecule has 0 saturated carbocycles. The number of nitrogens with zero attached hydrogens (tertiary/aromatic N) is 2. The molecule has 0 unspecified atom stereocenters. The first-order valence-electron chi connectivity index (χ1n) is 8.68. The molecule has 0 bridgehead atoms. The van der Waals surface area contributed by atoms with Crippen molar-refractivity contribution in [3.05, 3.63) is 60.0 Å². The number of amides is 1. The second-order valence-corrected chi connectivity index (χ2v) is 6.87. The third kappa shape index (κ3) is 3.51. The minimum absolute atomic E-state index is 0.345. The van der Waals surface area contributed by atoms with Gasteiger partial charge in [0.1, 0.15) is 0 Å². The molecule has 28 heavy (non-hydrogen) atoms. The fraction of sp³-hybridized carbons (Fsp3) is 0.0909. The number of imidazole rings is 1. The number of aromatic nitrogens is 3. The first-order valence-corrected chi connectivity index (χ1v) is 9.06. The molecular weight excluding hydrogens is 372 g/mol. The van der Waals surface area contributed by atoms with E-state index in [4.69, 9.17) is 11.6 Å². The number of H-pyrrole nitrogens is 1. The molecule has 0 radical (unpaired) electrons. The van der Waals surface area contributed by atoms with Gasteiger partial charge in [-0.15, -0.1) is 0 Å². The predicted molar refractivity (Wildman–Crippen MR) is 113 cm³/mol. The molecule has 0 saturated heterocycles. The molecule has 2 aromatic heterocycles. The molecule has 138 valence electrons. The average molecular weight is 389 g/mol. The number of carbonyl (C=O) groups is 1. The van der Waals surface area contributed by atoms with E-state index in [2.05, 4.69) is 27.1 Å². The number of fused-ring (bicyclic) bond motifs is 1. The van der Waals surface area contributed by atoms with Gasteiger partial charge in [-0.3, -0.25) is 4.79 Å². The van der Waals surface area contributed by atoms with Gasteiger partial charge in [0.2, 0.25) is 0 Å².